The lowest BCUT2D eigenvalue weighted by molar-refractivity contribution is -0.0929. The number of hydrogen-bond donors (Lipinski definition) is 1. The van der Waals surface area contributed by atoms with E-state index in [2.05, 4.69) is 33.8 Å². The molecule has 2 nitrogen and oxygen atoms in total. The lowest BCUT2D eigenvalue weighted by Crippen LogP contribution is -2.52. The largest absolute Gasteiger partial charge is 0.396 e. The Hall–Kier alpha value is -0.340. The fraction of sp³-hybridized carbons (Fsp3) is 0.900. The smallest absolute Gasteiger partial charge is 0.105 e. The van der Waals surface area contributed by atoms with Gasteiger partial charge in [0.25, 0.3) is 0 Å². The van der Waals surface area contributed by atoms with Crippen LogP contribution in [-0.2, 0) is 4.74 Å². The van der Waals surface area contributed by atoms with Crippen LogP contribution in [0.3, 0.4) is 0 Å². The number of epoxide rings is 1. The normalized spacial score (nSPS) is 53.4. The van der Waals surface area contributed by atoms with Crippen molar-refractivity contribution in [1.82, 2.24) is 0 Å². The van der Waals surface area contributed by atoms with Crippen molar-refractivity contribution in [2.75, 3.05) is 6.61 Å². The van der Waals surface area contributed by atoms with Crippen LogP contribution >= 0.6 is 0 Å². The van der Waals surface area contributed by atoms with E-state index in [0.717, 1.165) is 0 Å². The van der Waals surface area contributed by atoms with Crippen molar-refractivity contribution in [1.29, 1.82) is 0 Å². The molecule has 0 aromatic heterocycles. The molecule has 0 bridgehead atoms. The highest BCUT2D eigenvalue weighted by Crippen LogP contribution is 2.67. The molecule has 0 amide bonds. The van der Waals surface area contributed by atoms with Crippen molar-refractivity contribution in [3.05, 3.63) is 11.6 Å². The predicted octanol–water partition coefficient (Wildman–Crippen LogP) is 4.18. The summed E-state index contributed by atoms with van der Waals surface area (Å²) in [6, 6.07) is 0. The molecule has 0 spiro atoms. The molecular weight excluding hydrogens is 272 g/mol. The van der Waals surface area contributed by atoms with E-state index in [9.17, 15) is 5.11 Å². The molecule has 0 unspecified atom stereocenters. The Balaban J connectivity index is 1.72. The molecule has 4 aliphatic rings. The number of fused-ring (bicyclic) bond motifs is 5. The van der Waals surface area contributed by atoms with Crippen molar-refractivity contribution < 1.29 is 9.84 Å². The van der Waals surface area contributed by atoms with E-state index >= 15 is 0 Å². The minimum Gasteiger partial charge on any atom is -0.396 e. The van der Waals surface area contributed by atoms with E-state index in [1.807, 2.05) is 0 Å². The molecule has 3 aliphatic carbocycles. The van der Waals surface area contributed by atoms with Gasteiger partial charge in [-0.05, 0) is 79.1 Å². The monoisotopic (exact) mass is 304 g/mol. The van der Waals surface area contributed by atoms with Crippen molar-refractivity contribution in [3.8, 4) is 0 Å². The number of aliphatic hydroxyl groups excluding tert-OH is 1. The summed E-state index contributed by atoms with van der Waals surface area (Å²) in [6.07, 6.45) is 9.57. The maximum atomic E-state index is 10.4. The fourth-order valence-electron chi connectivity index (χ4n) is 6.74. The van der Waals surface area contributed by atoms with E-state index < -0.39 is 0 Å². The number of hydrogen-bond acceptors (Lipinski definition) is 2. The third kappa shape index (κ3) is 1.86. The van der Waals surface area contributed by atoms with E-state index in [1.54, 1.807) is 0 Å². The Labute approximate surface area is 135 Å². The average Bonchev–Trinajstić information content (AvgIpc) is 3.18. The average molecular weight is 304 g/mol. The lowest BCUT2D eigenvalue weighted by Gasteiger charge is -2.54. The molecule has 2 saturated carbocycles. The summed E-state index contributed by atoms with van der Waals surface area (Å²) in [7, 11) is 0. The van der Waals surface area contributed by atoms with Gasteiger partial charge in [0, 0.05) is 6.61 Å². The van der Waals surface area contributed by atoms with Gasteiger partial charge >= 0.3 is 0 Å². The summed E-state index contributed by atoms with van der Waals surface area (Å²) < 4.78 is 6.15. The highest BCUT2D eigenvalue weighted by Gasteiger charge is 2.65. The van der Waals surface area contributed by atoms with Crippen LogP contribution in [0.15, 0.2) is 11.6 Å². The van der Waals surface area contributed by atoms with Gasteiger partial charge in [0.2, 0.25) is 0 Å². The molecule has 0 aromatic carbocycles. The van der Waals surface area contributed by atoms with Crippen LogP contribution in [0.2, 0.25) is 0 Å². The van der Waals surface area contributed by atoms with Crippen LogP contribution in [-0.4, -0.2) is 23.9 Å². The molecule has 1 N–H and O–H groups in total. The standard InChI is InChI=1S/C20H32O2/c1-12(2)14-5-6-15-16-18-17(22-18)13(3)7-8-19(16,4)9-10-20(14,15)11-21/h7,12,14-18,21H,5-6,8-11H2,1-4H3/t14-,15+,16-,17-,18+,19-,20+/m1/s1. The zero-order chi connectivity index (χ0) is 15.7. The fourth-order valence-corrected chi connectivity index (χ4v) is 6.74. The van der Waals surface area contributed by atoms with Gasteiger partial charge in [-0.3, -0.25) is 0 Å². The van der Waals surface area contributed by atoms with Gasteiger partial charge in [-0.15, -0.1) is 0 Å². The molecule has 124 valence electrons. The Kier molecular flexibility index (Phi) is 3.34. The Morgan fingerprint density at radius 2 is 2.09 bits per heavy atom. The van der Waals surface area contributed by atoms with Gasteiger partial charge in [0.1, 0.15) is 6.10 Å². The van der Waals surface area contributed by atoms with Crippen LogP contribution < -0.4 is 0 Å². The number of aliphatic hydroxyl groups is 1. The summed E-state index contributed by atoms with van der Waals surface area (Å²) in [4.78, 5) is 0. The Bertz CT molecular complexity index is 496. The Morgan fingerprint density at radius 3 is 2.77 bits per heavy atom. The first kappa shape index (κ1) is 15.2. The number of allylic oxidation sites excluding steroid dienone is 1. The molecule has 2 heteroatoms. The lowest BCUT2D eigenvalue weighted by atomic mass is 9.50. The van der Waals surface area contributed by atoms with Gasteiger partial charge in [0.15, 0.2) is 0 Å². The maximum Gasteiger partial charge on any atom is 0.105 e. The molecular formula is C20H32O2. The van der Waals surface area contributed by atoms with Crippen molar-refractivity contribution in [2.24, 2.45) is 34.5 Å². The molecule has 1 saturated heterocycles. The number of ether oxygens (including phenoxy) is 1. The second-order valence-electron chi connectivity index (χ2n) is 9.28. The minimum absolute atomic E-state index is 0.174. The zero-order valence-corrected chi connectivity index (χ0v) is 14.6. The van der Waals surface area contributed by atoms with Crippen LogP contribution in [0.25, 0.3) is 0 Å². The highest BCUT2D eigenvalue weighted by atomic mass is 16.6. The van der Waals surface area contributed by atoms with Gasteiger partial charge in [0.05, 0.1) is 6.10 Å². The summed E-state index contributed by atoms with van der Waals surface area (Å²) in [5.74, 6) is 2.69. The van der Waals surface area contributed by atoms with Gasteiger partial charge in [-0.1, -0.05) is 26.8 Å². The maximum absolute atomic E-state index is 10.4. The summed E-state index contributed by atoms with van der Waals surface area (Å²) in [6.45, 7) is 9.84. The first-order valence-corrected chi connectivity index (χ1v) is 9.36. The molecule has 22 heavy (non-hydrogen) atoms. The number of rotatable bonds is 2. The summed E-state index contributed by atoms with van der Waals surface area (Å²) >= 11 is 0. The first-order chi connectivity index (χ1) is 10.4. The van der Waals surface area contributed by atoms with Crippen molar-refractivity contribution in [2.45, 2.75) is 72.0 Å². The molecule has 4 rings (SSSR count). The van der Waals surface area contributed by atoms with Crippen LogP contribution in [0.1, 0.15) is 59.8 Å². The molecule has 0 aromatic rings. The first-order valence-electron chi connectivity index (χ1n) is 9.36. The SMILES string of the molecule is CC1=CC[C@]2(C)CC[C@]3(CO)[C@@H](C(C)C)CC[C@H]3[C@@H]2[C@@H]2O[C@H]12. The molecule has 1 aliphatic heterocycles. The topological polar surface area (TPSA) is 32.8 Å². The van der Waals surface area contributed by atoms with E-state index in [4.69, 9.17) is 4.74 Å². The summed E-state index contributed by atoms with van der Waals surface area (Å²) in [5, 5.41) is 10.4. The van der Waals surface area contributed by atoms with Crippen LogP contribution in [0.5, 0.6) is 0 Å². The van der Waals surface area contributed by atoms with Crippen molar-refractivity contribution in [3.63, 3.8) is 0 Å². The van der Waals surface area contributed by atoms with Gasteiger partial charge in [-0.2, -0.15) is 0 Å². The van der Waals surface area contributed by atoms with Crippen LogP contribution in [0, 0.1) is 34.5 Å². The van der Waals surface area contributed by atoms with Gasteiger partial charge in [-0.25, -0.2) is 0 Å². The van der Waals surface area contributed by atoms with E-state index in [1.165, 1.54) is 37.7 Å². The second kappa shape index (κ2) is 4.83. The zero-order valence-electron chi connectivity index (χ0n) is 14.6. The van der Waals surface area contributed by atoms with E-state index in [-0.39, 0.29) is 5.41 Å². The predicted molar refractivity (Wildman–Crippen MR) is 88.4 cm³/mol. The molecule has 0 radical (unpaired) electrons. The third-order valence-corrected chi connectivity index (χ3v) is 7.98. The quantitative estimate of drug-likeness (QED) is 0.613. The third-order valence-electron chi connectivity index (χ3n) is 7.98. The van der Waals surface area contributed by atoms with Gasteiger partial charge < -0.3 is 9.84 Å². The van der Waals surface area contributed by atoms with Crippen molar-refractivity contribution >= 4 is 0 Å². The molecule has 1 heterocycles. The van der Waals surface area contributed by atoms with E-state index in [0.29, 0.717) is 47.9 Å². The minimum atomic E-state index is 0.174. The highest BCUT2D eigenvalue weighted by molar-refractivity contribution is 5.24. The molecule has 7 atom stereocenters. The molecule has 3 fully saturated rings. The second-order valence-corrected chi connectivity index (χ2v) is 9.28. The van der Waals surface area contributed by atoms with Crippen LogP contribution in [0.4, 0.5) is 0 Å². The summed E-state index contributed by atoms with van der Waals surface area (Å²) in [5.41, 5.74) is 2.01. The Morgan fingerprint density at radius 1 is 1.32 bits per heavy atom.